The van der Waals surface area contributed by atoms with Gasteiger partial charge in [-0.3, -0.25) is 0 Å². The zero-order chi connectivity index (χ0) is 5.70. The number of hydroxylamine groups is 2. The normalized spacial score (nSPS) is 8.29. The molecule has 0 aromatic heterocycles. The summed E-state index contributed by atoms with van der Waals surface area (Å²) in [4.78, 5) is 0. The number of nitrogens with zero attached hydrogens (tertiary/aromatic N) is 1. The summed E-state index contributed by atoms with van der Waals surface area (Å²) in [7, 11) is 5.36. The highest BCUT2D eigenvalue weighted by molar-refractivity contribution is 5.99. The lowest BCUT2D eigenvalue weighted by molar-refractivity contribution is -0.210. The molecule has 0 saturated heterocycles. The topological polar surface area (TPSA) is 21.7 Å². The van der Waals surface area contributed by atoms with E-state index >= 15 is 0 Å². The monoisotopic (exact) mass is 129 g/mol. The van der Waals surface area contributed by atoms with Gasteiger partial charge in [-0.15, -0.1) is 0 Å². The highest BCUT2D eigenvalue weighted by atomic mass is 28.2. The van der Waals surface area contributed by atoms with E-state index in [4.69, 9.17) is 0 Å². The van der Waals surface area contributed by atoms with Gasteiger partial charge in [-0.2, -0.15) is 5.23 Å². The summed E-state index contributed by atoms with van der Waals surface area (Å²) in [5.74, 6) is 0. The van der Waals surface area contributed by atoms with Crippen LogP contribution in [0.2, 0.25) is 0 Å². The Kier molecular flexibility index (Phi) is 4.00. The molecule has 0 fully saturated rings. The average Bonchev–Trinajstić information content (AvgIpc) is 1.72. The molecule has 36 valence electrons. The molecule has 0 N–H and O–H groups in total. The van der Waals surface area contributed by atoms with Gasteiger partial charge >= 0.3 is 0 Å². The molecule has 0 saturated carbocycles. The lowest BCUT2D eigenvalue weighted by atomic mass is 11.1. The standard InChI is InChI=1S/C2H3NO2Si2/c1-2-3(4-6)5-7/h2H,1H2. The molecule has 0 amide bonds. The summed E-state index contributed by atoms with van der Waals surface area (Å²) in [6.07, 6.45) is 1.32. The quantitative estimate of drug-likeness (QED) is 0.377. The first kappa shape index (κ1) is 6.89. The van der Waals surface area contributed by atoms with Crippen LogP contribution in [0.5, 0.6) is 0 Å². The van der Waals surface area contributed by atoms with Crippen LogP contribution in [0.1, 0.15) is 0 Å². The molecule has 0 rings (SSSR count). The zero-order valence-electron chi connectivity index (χ0n) is 3.55. The maximum Gasteiger partial charge on any atom is 0.294 e. The van der Waals surface area contributed by atoms with Crippen molar-refractivity contribution in [3.05, 3.63) is 12.8 Å². The van der Waals surface area contributed by atoms with Crippen molar-refractivity contribution in [2.75, 3.05) is 0 Å². The van der Waals surface area contributed by atoms with Gasteiger partial charge in [0.1, 0.15) is 0 Å². The zero-order valence-corrected chi connectivity index (χ0v) is 5.55. The van der Waals surface area contributed by atoms with Crippen molar-refractivity contribution >= 4 is 21.0 Å². The first-order valence-corrected chi connectivity index (χ1v) is 2.26. The molecule has 0 unspecified atom stereocenters. The van der Waals surface area contributed by atoms with Crippen molar-refractivity contribution in [3.8, 4) is 0 Å². The highest BCUT2D eigenvalue weighted by Crippen LogP contribution is 1.82. The van der Waals surface area contributed by atoms with Crippen LogP contribution in [0.25, 0.3) is 0 Å². The third kappa shape index (κ3) is 2.57. The van der Waals surface area contributed by atoms with Crippen LogP contribution in [0.3, 0.4) is 0 Å². The van der Waals surface area contributed by atoms with E-state index in [9.17, 15) is 0 Å². The molecule has 0 atom stereocenters. The number of hydrogen-bond donors (Lipinski definition) is 0. The highest BCUT2D eigenvalue weighted by Gasteiger charge is 1.84. The van der Waals surface area contributed by atoms with Gasteiger partial charge in [0.2, 0.25) is 0 Å². The first-order valence-electron chi connectivity index (χ1n) is 1.44. The lowest BCUT2D eigenvalue weighted by Gasteiger charge is -2.11. The number of hydrogen-bond acceptors (Lipinski definition) is 3. The maximum absolute atomic E-state index is 4.30. The van der Waals surface area contributed by atoms with Gasteiger partial charge in [-0.05, 0) is 0 Å². The molecule has 3 nitrogen and oxygen atoms in total. The molecule has 5 heteroatoms. The predicted molar refractivity (Wildman–Crippen MR) is 25.7 cm³/mol. The molecule has 6 radical (unpaired) electrons. The predicted octanol–water partition coefficient (Wildman–Crippen LogP) is -0.538. The SMILES string of the molecule is C=CN(O[Si])O[Si]. The minimum atomic E-state index is 0.966. The summed E-state index contributed by atoms with van der Waals surface area (Å²) in [6, 6.07) is 0. The molecule has 0 heterocycles. The minimum absolute atomic E-state index is 0.966. The molecule has 0 aliphatic rings. The third-order valence-electron chi connectivity index (χ3n) is 0.329. The van der Waals surface area contributed by atoms with E-state index in [0.29, 0.717) is 0 Å². The number of rotatable bonds is 3. The molecular formula is C2H3NO2Si2. The van der Waals surface area contributed by atoms with Crippen molar-refractivity contribution in [2.24, 2.45) is 0 Å². The lowest BCUT2D eigenvalue weighted by Crippen LogP contribution is -2.14. The van der Waals surface area contributed by atoms with E-state index in [-0.39, 0.29) is 0 Å². The van der Waals surface area contributed by atoms with Crippen LogP contribution in [0, 0.1) is 0 Å². The Morgan fingerprint density at radius 3 is 1.86 bits per heavy atom. The van der Waals surface area contributed by atoms with Crippen LogP contribution in [0.4, 0.5) is 0 Å². The van der Waals surface area contributed by atoms with E-state index in [2.05, 4.69) is 36.6 Å². The van der Waals surface area contributed by atoms with Gasteiger partial charge in [0.25, 0.3) is 21.0 Å². The van der Waals surface area contributed by atoms with E-state index in [1.165, 1.54) is 6.20 Å². The van der Waals surface area contributed by atoms with E-state index < -0.39 is 0 Å². The summed E-state index contributed by atoms with van der Waals surface area (Å²) in [6.45, 7) is 3.32. The average molecular weight is 129 g/mol. The van der Waals surface area contributed by atoms with Crippen molar-refractivity contribution in [1.82, 2.24) is 5.23 Å². The molecular weight excluding hydrogens is 126 g/mol. The second-order valence-electron chi connectivity index (χ2n) is 0.651. The van der Waals surface area contributed by atoms with Gasteiger partial charge in [-0.25, -0.2) is 0 Å². The second kappa shape index (κ2) is 4.06. The Hall–Kier alpha value is -0.106. The Morgan fingerprint density at radius 2 is 1.86 bits per heavy atom. The summed E-state index contributed by atoms with van der Waals surface area (Å²) < 4.78 is 8.60. The van der Waals surface area contributed by atoms with Gasteiger partial charge in [0.05, 0.1) is 0 Å². The summed E-state index contributed by atoms with van der Waals surface area (Å²) in [5, 5.41) is 0.966. The molecule has 0 spiro atoms. The van der Waals surface area contributed by atoms with Crippen molar-refractivity contribution in [1.29, 1.82) is 0 Å². The Bertz CT molecular complexity index is 55.7. The van der Waals surface area contributed by atoms with Gasteiger partial charge in [0.15, 0.2) is 0 Å². The smallest absolute Gasteiger partial charge is 0.294 e. The van der Waals surface area contributed by atoms with Crippen molar-refractivity contribution in [2.45, 2.75) is 0 Å². The van der Waals surface area contributed by atoms with Gasteiger partial charge < -0.3 is 9.05 Å². The van der Waals surface area contributed by atoms with E-state index in [1.807, 2.05) is 0 Å². The first-order chi connectivity index (χ1) is 3.35. The van der Waals surface area contributed by atoms with E-state index in [0.717, 1.165) is 5.23 Å². The maximum atomic E-state index is 4.30. The molecule has 7 heavy (non-hydrogen) atoms. The summed E-state index contributed by atoms with van der Waals surface area (Å²) in [5.41, 5.74) is 0. The molecule has 0 aromatic rings. The van der Waals surface area contributed by atoms with Crippen molar-refractivity contribution in [3.63, 3.8) is 0 Å². The Balaban J connectivity index is 3.16. The molecule has 0 aliphatic carbocycles. The molecule has 0 aromatic carbocycles. The third-order valence-corrected chi connectivity index (χ3v) is 0.689. The fourth-order valence-corrected chi connectivity index (χ4v) is 0.391. The van der Waals surface area contributed by atoms with Crippen LogP contribution < -0.4 is 0 Å². The van der Waals surface area contributed by atoms with Crippen LogP contribution in [-0.4, -0.2) is 26.2 Å². The van der Waals surface area contributed by atoms with Crippen molar-refractivity contribution < 1.29 is 9.05 Å². The van der Waals surface area contributed by atoms with E-state index in [1.54, 1.807) is 0 Å². The summed E-state index contributed by atoms with van der Waals surface area (Å²) >= 11 is 0. The fraction of sp³-hybridized carbons (Fsp3) is 0. The minimum Gasteiger partial charge on any atom is -0.300 e. The van der Waals surface area contributed by atoms with Crippen LogP contribution >= 0.6 is 0 Å². The van der Waals surface area contributed by atoms with Crippen LogP contribution in [0.15, 0.2) is 12.8 Å². The molecule has 0 bridgehead atoms. The molecule has 0 aliphatic heterocycles. The fourth-order valence-electron chi connectivity index (χ4n) is 0.0932. The van der Waals surface area contributed by atoms with Gasteiger partial charge in [0, 0.05) is 6.20 Å². The second-order valence-corrected chi connectivity index (χ2v) is 1.02. The largest absolute Gasteiger partial charge is 0.300 e. The Morgan fingerprint density at radius 1 is 1.43 bits per heavy atom. The van der Waals surface area contributed by atoms with Crippen LogP contribution in [-0.2, 0) is 9.05 Å². The van der Waals surface area contributed by atoms with Gasteiger partial charge in [-0.1, -0.05) is 6.58 Å². The Labute approximate surface area is 48.9 Å².